The molecule has 0 heterocycles. The summed E-state index contributed by atoms with van der Waals surface area (Å²) in [6.45, 7) is 0.0439. The molecule has 2 aromatic rings. The van der Waals surface area contributed by atoms with Gasteiger partial charge in [-0.1, -0.05) is 22.0 Å². The van der Waals surface area contributed by atoms with E-state index in [-0.39, 0.29) is 18.7 Å². The van der Waals surface area contributed by atoms with E-state index in [1.54, 1.807) is 12.1 Å². The highest BCUT2D eigenvalue weighted by Gasteiger charge is 2.17. The van der Waals surface area contributed by atoms with E-state index in [1.807, 2.05) is 0 Å². The summed E-state index contributed by atoms with van der Waals surface area (Å²) < 4.78 is 41.2. The molecule has 6 heteroatoms. The highest BCUT2D eigenvalue weighted by molar-refractivity contribution is 9.10. The van der Waals surface area contributed by atoms with Crippen LogP contribution in [0.2, 0.25) is 0 Å². The van der Waals surface area contributed by atoms with Crippen LogP contribution in [0.4, 0.5) is 13.2 Å². The van der Waals surface area contributed by atoms with Gasteiger partial charge in [-0.15, -0.1) is 0 Å². The van der Waals surface area contributed by atoms with Crippen LogP contribution in [0, 0.1) is 17.5 Å². The van der Waals surface area contributed by atoms with Gasteiger partial charge in [-0.05, 0) is 30.3 Å². The van der Waals surface area contributed by atoms with Crippen molar-refractivity contribution in [1.82, 2.24) is 5.32 Å². The van der Waals surface area contributed by atoms with Gasteiger partial charge in [0.25, 0.3) is 0 Å². The van der Waals surface area contributed by atoms with Gasteiger partial charge in [0.05, 0.1) is 11.7 Å². The Morgan fingerprint density at radius 3 is 2.38 bits per heavy atom. The fourth-order valence-electron chi connectivity index (χ4n) is 1.95. The van der Waals surface area contributed by atoms with Gasteiger partial charge in [0, 0.05) is 23.1 Å². The largest absolute Gasteiger partial charge is 0.387 e. The van der Waals surface area contributed by atoms with E-state index in [9.17, 15) is 18.3 Å². The molecule has 0 saturated heterocycles. The fraction of sp³-hybridized carbons (Fsp3) is 0.200. The Morgan fingerprint density at radius 1 is 1.05 bits per heavy atom. The van der Waals surface area contributed by atoms with Gasteiger partial charge in [0.15, 0.2) is 0 Å². The molecule has 1 atom stereocenters. The molecule has 112 valence electrons. The molecule has 0 spiro atoms. The van der Waals surface area contributed by atoms with Crippen LogP contribution >= 0.6 is 15.9 Å². The lowest BCUT2D eigenvalue weighted by molar-refractivity contribution is 0.164. The minimum absolute atomic E-state index is 0.0934. The number of aliphatic hydroxyl groups excluding tert-OH is 1. The van der Waals surface area contributed by atoms with Crippen LogP contribution in [0.5, 0.6) is 0 Å². The Kier molecular flexibility index (Phi) is 5.39. The summed E-state index contributed by atoms with van der Waals surface area (Å²) in [5.74, 6) is -2.01. The molecule has 2 N–H and O–H groups in total. The van der Waals surface area contributed by atoms with Crippen LogP contribution in [0.1, 0.15) is 17.2 Å². The Bertz CT molecular complexity index is 616. The highest BCUT2D eigenvalue weighted by atomic mass is 79.9. The molecule has 21 heavy (non-hydrogen) atoms. The Balaban J connectivity index is 1.98. The van der Waals surface area contributed by atoms with Crippen molar-refractivity contribution in [2.24, 2.45) is 0 Å². The number of halogens is 4. The van der Waals surface area contributed by atoms with Gasteiger partial charge in [-0.2, -0.15) is 0 Å². The van der Waals surface area contributed by atoms with Gasteiger partial charge >= 0.3 is 0 Å². The van der Waals surface area contributed by atoms with Gasteiger partial charge in [-0.3, -0.25) is 0 Å². The first kappa shape index (κ1) is 16.0. The number of hydrogen-bond acceptors (Lipinski definition) is 2. The molecular formula is C15H13BrF3NO. The van der Waals surface area contributed by atoms with Crippen LogP contribution in [-0.2, 0) is 6.54 Å². The van der Waals surface area contributed by atoms with Gasteiger partial charge in [0.1, 0.15) is 17.5 Å². The van der Waals surface area contributed by atoms with E-state index in [4.69, 9.17) is 0 Å². The molecule has 1 unspecified atom stereocenters. The summed E-state index contributed by atoms with van der Waals surface area (Å²) in [7, 11) is 0. The maximum Gasteiger partial charge on any atom is 0.131 e. The molecule has 0 saturated carbocycles. The number of benzene rings is 2. The topological polar surface area (TPSA) is 32.3 Å². The number of rotatable bonds is 5. The van der Waals surface area contributed by atoms with Gasteiger partial charge in [-0.25, -0.2) is 13.2 Å². The summed E-state index contributed by atoms with van der Waals surface area (Å²) in [6, 6.07) is 7.87. The minimum Gasteiger partial charge on any atom is -0.387 e. The highest BCUT2D eigenvalue weighted by Crippen LogP contribution is 2.20. The maximum atomic E-state index is 13.5. The SMILES string of the molecule is OC(CNCc1cc(Br)ccc1F)c1c(F)cccc1F. The lowest BCUT2D eigenvalue weighted by Gasteiger charge is -2.14. The Hall–Kier alpha value is -1.37. The average molecular weight is 360 g/mol. The van der Waals surface area contributed by atoms with E-state index < -0.39 is 23.6 Å². The van der Waals surface area contributed by atoms with Crippen LogP contribution < -0.4 is 5.32 Å². The van der Waals surface area contributed by atoms with E-state index in [1.165, 1.54) is 12.1 Å². The molecular weight excluding hydrogens is 347 g/mol. The second-order valence-corrected chi connectivity index (χ2v) is 5.43. The van der Waals surface area contributed by atoms with E-state index in [0.717, 1.165) is 16.6 Å². The zero-order chi connectivity index (χ0) is 15.4. The minimum atomic E-state index is -1.35. The van der Waals surface area contributed by atoms with E-state index in [0.29, 0.717) is 5.56 Å². The molecule has 2 nitrogen and oxygen atoms in total. The molecule has 2 aromatic carbocycles. The Morgan fingerprint density at radius 2 is 1.71 bits per heavy atom. The zero-order valence-corrected chi connectivity index (χ0v) is 12.5. The van der Waals surface area contributed by atoms with Crippen LogP contribution in [-0.4, -0.2) is 11.7 Å². The van der Waals surface area contributed by atoms with E-state index in [2.05, 4.69) is 21.2 Å². The quantitative estimate of drug-likeness (QED) is 0.853. The van der Waals surface area contributed by atoms with Crippen molar-refractivity contribution in [2.45, 2.75) is 12.6 Å². The summed E-state index contributed by atoms with van der Waals surface area (Å²) in [6.07, 6.45) is -1.35. The lowest BCUT2D eigenvalue weighted by Crippen LogP contribution is -2.23. The molecule has 0 aliphatic carbocycles. The molecule has 0 aromatic heterocycles. The third kappa shape index (κ3) is 4.06. The lowest BCUT2D eigenvalue weighted by atomic mass is 10.1. The van der Waals surface area contributed by atoms with Crippen molar-refractivity contribution in [3.05, 3.63) is 69.4 Å². The van der Waals surface area contributed by atoms with Crippen molar-refractivity contribution in [1.29, 1.82) is 0 Å². The zero-order valence-electron chi connectivity index (χ0n) is 10.9. The van der Waals surface area contributed by atoms with Crippen molar-refractivity contribution < 1.29 is 18.3 Å². The van der Waals surface area contributed by atoms with Crippen molar-refractivity contribution in [3.63, 3.8) is 0 Å². The molecule has 0 amide bonds. The van der Waals surface area contributed by atoms with Crippen LogP contribution in [0.25, 0.3) is 0 Å². The molecule has 0 aliphatic heterocycles. The van der Waals surface area contributed by atoms with Crippen molar-refractivity contribution in [3.8, 4) is 0 Å². The first-order valence-corrected chi connectivity index (χ1v) is 7.05. The molecule has 2 rings (SSSR count). The molecule has 0 radical (unpaired) electrons. The average Bonchev–Trinajstić information content (AvgIpc) is 2.42. The molecule has 0 fully saturated rings. The second kappa shape index (κ2) is 7.06. The smallest absolute Gasteiger partial charge is 0.131 e. The summed E-state index contributed by atoms with van der Waals surface area (Å²) in [5.41, 5.74) is 0.00490. The maximum absolute atomic E-state index is 13.5. The fourth-order valence-corrected chi connectivity index (χ4v) is 2.36. The summed E-state index contributed by atoms with van der Waals surface area (Å²) >= 11 is 3.23. The van der Waals surface area contributed by atoms with Crippen LogP contribution in [0.3, 0.4) is 0 Å². The molecule has 0 bridgehead atoms. The van der Waals surface area contributed by atoms with Crippen molar-refractivity contribution >= 4 is 15.9 Å². The third-order valence-corrected chi connectivity index (χ3v) is 3.49. The first-order chi connectivity index (χ1) is 9.99. The van der Waals surface area contributed by atoms with Crippen LogP contribution in [0.15, 0.2) is 40.9 Å². The standard InChI is InChI=1S/C15H13BrF3NO/c16-10-4-5-11(17)9(6-10)7-20-8-14(21)15-12(18)2-1-3-13(15)19/h1-6,14,20-21H,7-8H2. The van der Waals surface area contributed by atoms with Crippen molar-refractivity contribution in [2.75, 3.05) is 6.54 Å². The van der Waals surface area contributed by atoms with Gasteiger partial charge < -0.3 is 10.4 Å². The molecule has 0 aliphatic rings. The predicted molar refractivity (Wildman–Crippen MR) is 77.1 cm³/mol. The number of aliphatic hydroxyl groups is 1. The normalized spacial score (nSPS) is 12.4. The predicted octanol–water partition coefficient (Wildman–Crippen LogP) is 3.69. The monoisotopic (exact) mass is 359 g/mol. The number of nitrogens with one attached hydrogen (secondary N) is 1. The first-order valence-electron chi connectivity index (χ1n) is 6.25. The van der Waals surface area contributed by atoms with Gasteiger partial charge in [0.2, 0.25) is 0 Å². The number of hydrogen-bond donors (Lipinski definition) is 2. The second-order valence-electron chi connectivity index (χ2n) is 4.52. The third-order valence-electron chi connectivity index (χ3n) is 2.99. The van der Waals surface area contributed by atoms with E-state index >= 15 is 0 Å². The summed E-state index contributed by atoms with van der Waals surface area (Å²) in [4.78, 5) is 0. The summed E-state index contributed by atoms with van der Waals surface area (Å²) in [5, 5.41) is 12.6. The Labute approximate surface area is 128 Å².